The number of nitrogens with two attached hydrogens (primary N) is 1. The number of ether oxygens (including phenoxy) is 1. The van der Waals surface area contributed by atoms with E-state index in [-0.39, 0.29) is 5.97 Å². The van der Waals surface area contributed by atoms with Gasteiger partial charge in [0.05, 0.1) is 24.0 Å². The number of piperidine rings is 1. The van der Waals surface area contributed by atoms with Crippen LogP contribution in [0.15, 0.2) is 18.2 Å². The Bertz CT molecular complexity index is 473. The fourth-order valence-corrected chi connectivity index (χ4v) is 2.52. The SMILES string of the molecule is COC(=O)c1cccc(N)c1N1CCC(C)(C)CC1. The van der Waals surface area contributed by atoms with Crippen molar-refractivity contribution in [3.63, 3.8) is 0 Å². The van der Waals surface area contributed by atoms with E-state index in [1.165, 1.54) is 7.11 Å². The Morgan fingerprint density at radius 1 is 1.32 bits per heavy atom. The minimum Gasteiger partial charge on any atom is -0.465 e. The third-order valence-electron chi connectivity index (χ3n) is 3.91. The normalized spacial score (nSPS) is 18.2. The number of hydrogen-bond acceptors (Lipinski definition) is 4. The molecular weight excluding hydrogens is 240 g/mol. The van der Waals surface area contributed by atoms with E-state index in [0.29, 0.717) is 16.7 Å². The van der Waals surface area contributed by atoms with Gasteiger partial charge in [0, 0.05) is 13.1 Å². The minimum absolute atomic E-state index is 0.327. The van der Waals surface area contributed by atoms with Crippen LogP contribution in [0.4, 0.5) is 11.4 Å². The standard InChI is InChI=1S/C15H22N2O2/c1-15(2)7-9-17(10-8-15)13-11(14(18)19-3)5-4-6-12(13)16/h4-6H,7-10,16H2,1-3H3. The maximum absolute atomic E-state index is 11.9. The average Bonchev–Trinajstić information content (AvgIpc) is 2.38. The first kappa shape index (κ1) is 13.7. The highest BCUT2D eigenvalue weighted by atomic mass is 16.5. The minimum atomic E-state index is -0.327. The summed E-state index contributed by atoms with van der Waals surface area (Å²) in [5.41, 5.74) is 8.45. The summed E-state index contributed by atoms with van der Waals surface area (Å²) in [5.74, 6) is -0.327. The Labute approximate surface area is 114 Å². The van der Waals surface area contributed by atoms with Crippen LogP contribution >= 0.6 is 0 Å². The molecule has 2 N–H and O–H groups in total. The zero-order valence-electron chi connectivity index (χ0n) is 11.9. The van der Waals surface area contributed by atoms with Crippen LogP contribution in [0, 0.1) is 5.41 Å². The molecule has 4 heteroatoms. The van der Waals surface area contributed by atoms with Crippen LogP contribution in [0.5, 0.6) is 0 Å². The van der Waals surface area contributed by atoms with Crippen molar-refractivity contribution in [2.45, 2.75) is 26.7 Å². The van der Waals surface area contributed by atoms with Crippen molar-refractivity contribution >= 4 is 17.3 Å². The number of anilines is 2. The van der Waals surface area contributed by atoms with Gasteiger partial charge in [-0.15, -0.1) is 0 Å². The monoisotopic (exact) mass is 262 g/mol. The molecule has 1 aliphatic heterocycles. The summed E-state index contributed by atoms with van der Waals surface area (Å²) in [6, 6.07) is 5.40. The quantitative estimate of drug-likeness (QED) is 0.657. The van der Waals surface area contributed by atoms with E-state index in [1.54, 1.807) is 12.1 Å². The van der Waals surface area contributed by atoms with Gasteiger partial charge in [-0.2, -0.15) is 0 Å². The van der Waals surface area contributed by atoms with E-state index in [2.05, 4.69) is 18.7 Å². The number of para-hydroxylation sites is 1. The number of esters is 1. The number of methoxy groups -OCH3 is 1. The molecule has 0 atom stereocenters. The highest BCUT2D eigenvalue weighted by Gasteiger charge is 2.28. The average molecular weight is 262 g/mol. The van der Waals surface area contributed by atoms with Gasteiger partial charge in [-0.25, -0.2) is 4.79 Å². The van der Waals surface area contributed by atoms with Crippen LogP contribution in [-0.2, 0) is 4.74 Å². The smallest absolute Gasteiger partial charge is 0.340 e. The van der Waals surface area contributed by atoms with Gasteiger partial charge < -0.3 is 15.4 Å². The topological polar surface area (TPSA) is 55.6 Å². The predicted octanol–water partition coefficient (Wildman–Crippen LogP) is 2.68. The van der Waals surface area contributed by atoms with Crippen molar-refractivity contribution in [3.05, 3.63) is 23.8 Å². The molecule has 1 heterocycles. The highest BCUT2D eigenvalue weighted by Crippen LogP contribution is 2.36. The number of hydrogen-bond donors (Lipinski definition) is 1. The number of carbonyl (C=O) groups excluding carboxylic acids is 1. The maximum atomic E-state index is 11.9. The zero-order valence-corrected chi connectivity index (χ0v) is 11.9. The molecule has 1 aliphatic rings. The largest absolute Gasteiger partial charge is 0.465 e. The van der Waals surface area contributed by atoms with E-state index in [4.69, 9.17) is 10.5 Å². The van der Waals surface area contributed by atoms with Crippen molar-refractivity contribution in [2.75, 3.05) is 30.8 Å². The fraction of sp³-hybridized carbons (Fsp3) is 0.533. The lowest BCUT2D eigenvalue weighted by Gasteiger charge is -2.39. The third kappa shape index (κ3) is 2.83. The lowest BCUT2D eigenvalue weighted by atomic mass is 9.82. The van der Waals surface area contributed by atoms with Crippen molar-refractivity contribution in [2.24, 2.45) is 5.41 Å². The summed E-state index contributed by atoms with van der Waals surface area (Å²) in [6.45, 7) is 6.40. The molecule has 0 aliphatic carbocycles. The second-order valence-electron chi connectivity index (χ2n) is 5.89. The van der Waals surface area contributed by atoms with E-state index in [9.17, 15) is 4.79 Å². The Morgan fingerprint density at radius 2 is 1.95 bits per heavy atom. The van der Waals surface area contributed by atoms with Crippen LogP contribution in [0.1, 0.15) is 37.0 Å². The first-order valence-electron chi connectivity index (χ1n) is 6.66. The molecule has 0 amide bonds. The highest BCUT2D eigenvalue weighted by molar-refractivity contribution is 5.99. The number of rotatable bonds is 2. The van der Waals surface area contributed by atoms with E-state index in [1.807, 2.05) is 6.07 Å². The first-order chi connectivity index (χ1) is 8.94. The molecule has 1 saturated heterocycles. The molecule has 19 heavy (non-hydrogen) atoms. The molecule has 2 rings (SSSR count). The number of nitrogens with zero attached hydrogens (tertiary/aromatic N) is 1. The number of benzene rings is 1. The summed E-state index contributed by atoms with van der Waals surface area (Å²) < 4.78 is 4.84. The fourth-order valence-electron chi connectivity index (χ4n) is 2.52. The predicted molar refractivity (Wildman–Crippen MR) is 77.4 cm³/mol. The van der Waals surface area contributed by atoms with Crippen LogP contribution in [0.25, 0.3) is 0 Å². The van der Waals surface area contributed by atoms with Crippen molar-refractivity contribution in [3.8, 4) is 0 Å². The maximum Gasteiger partial charge on any atom is 0.340 e. The lowest BCUT2D eigenvalue weighted by Crippen LogP contribution is -2.38. The van der Waals surface area contributed by atoms with Gasteiger partial charge in [-0.05, 0) is 30.4 Å². The van der Waals surface area contributed by atoms with Crippen LogP contribution in [0.3, 0.4) is 0 Å². The van der Waals surface area contributed by atoms with Gasteiger partial charge in [-0.3, -0.25) is 0 Å². The molecule has 0 spiro atoms. The Kier molecular flexibility index (Phi) is 3.69. The molecule has 104 valence electrons. The van der Waals surface area contributed by atoms with Gasteiger partial charge in [-0.1, -0.05) is 19.9 Å². The van der Waals surface area contributed by atoms with Crippen LogP contribution in [-0.4, -0.2) is 26.2 Å². The number of carbonyl (C=O) groups is 1. The lowest BCUT2D eigenvalue weighted by molar-refractivity contribution is 0.0601. The first-order valence-corrected chi connectivity index (χ1v) is 6.66. The molecule has 4 nitrogen and oxygen atoms in total. The molecule has 1 aromatic carbocycles. The number of nitrogen functional groups attached to an aromatic ring is 1. The summed E-state index contributed by atoms with van der Waals surface area (Å²) in [5, 5.41) is 0. The molecule has 0 bridgehead atoms. The molecular formula is C15H22N2O2. The van der Waals surface area contributed by atoms with Gasteiger partial charge in [0.1, 0.15) is 0 Å². The summed E-state index contributed by atoms with van der Waals surface area (Å²) in [4.78, 5) is 14.1. The van der Waals surface area contributed by atoms with Gasteiger partial charge in [0.2, 0.25) is 0 Å². The van der Waals surface area contributed by atoms with Gasteiger partial charge in [0.25, 0.3) is 0 Å². The summed E-state index contributed by atoms with van der Waals surface area (Å²) in [6.07, 6.45) is 2.20. The Morgan fingerprint density at radius 3 is 2.53 bits per heavy atom. The Hall–Kier alpha value is -1.71. The third-order valence-corrected chi connectivity index (χ3v) is 3.91. The second-order valence-corrected chi connectivity index (χ2v) is 5.89. The molecule has 1 fully saturated rings. The molecule has 0 saturated carbocycles. The van der Waals surface area contributed by atoms with Gasteiger partial charge >= 0.3 is 5.97 Å². The van der Waals surface area contributed by atoms with Crippen molar-refractivity contribution < 1.29 is 9.53 Å². The zero-order chi connectivity index (χ0) is 14.0. The molecule has 0 radical (unpaired) electrons. The van der Waals surface area contributed by atoms with Crippen LogP contribution < -0.4 is 10.6 Å². The molecule has 1 aromatic rings. The Balaban J connectivity index is 2.32. The molecule has 0 aromatic heterocycles. The van der Waals surface area contributed by atoms with E-state index >= 15 is 0 Å². The van der Waals surface area contributed by atoms with E-state index in [0.717, 1.165) is 31.6 Å². The van der Waals surface area contributed by atoms with Gasteiger partial charge in [0.15, 0.2) is 0 Å². The molecule has 0 unspecified atom stereocenters. The van der Waals surface area contributed by atoms with Crippen molar-refractivity contribution in [1.82, 2.24) is 0 Å². The second kappa shape index (κ2) is 5.11. The summed E-state index contributed by atoms with van der Waals surface area (Å²) in [7, 11) is 1.40. The summed E-state index contributed by atoms with van der Waals surface area (Å²) >= 11 is 0. The van der Waals surface area contributed by atoms with Crippen LogP contribution in [0.2, 0.25) is 0 Å². The van der Waals surface area contributed by atoms with Crippen molar-refractivity contribution in [1.29, 1.82) is 0 Å². The van der Waals surface area contributed by atoms with E-state index < -0.39 is 0 Å².